The lowest BCUT2D eigenvalue weighted by Crippen LogP contribution is -1.95. The Morgan fingerprint density at radius 3 is 2.41 bits per heavy atom. The Kier molecular flexibility index (Phi) is 3.43. The number of ether oxygens (including phenoxy) is 1. The zero-order valence-electron chi connectivity index (χ0n) is 10.5. The Labute approximate surface area is 102 Å². The summed E-state index contributed by atoms with van der Waals surface area (Å²) in [7, 11) is 1.66. The lowest BCUT2D eigenvalue weighted by Gasteiger charge is -2.14. The summed E-state index contributed by atoms with van der Waals surface area (Å²) in [4.78, 5) is 4.25. The highest BCUT2D eigenvalue weighted by Crippen LogP contribution is 2.33. The molecule has 1 heterocycles. The third kappa shape index (κ3) is 2.31. The van der Waals surface area contributed by atoms with Crippen molar-refractivity contribution in [1.29, 1.82) is 0 Å². The van der Waals surface area contributed by atoms with Gasteiger partial charge in [-0.05, 0) is 29.2 Å². The van der Waals surface area contributed by atoms with E-state index in [9.17, 15) is 0 Å². The molecule has 2 aromatic rings. The van der Waals surface area contributed by atoms with Crippen molar-refractivity contribution >= 4 is 0 Å². The van der Waals surface area contributed by atoms with Crippen LogP contribution in [0.25, 0.3) is 11.1 Å². The Balaban J connectivity index is 2.60. The van der Waals surface area contributed by atoms with Crippen LogP contribution in [0.1, 0.15) is 25.3 Å². The SMILES string of the molecule is COc1ncccc1-c1ccccc1C(C)C. The molecule has 0 atom stereocenters. The predicted molar refractivity (Wildman–Crippen MR) is 70.3 cm³/mol. The molecule has 0 spiro atoms. The standard InChI is InChI=1S/C15H17NO/c1-11(2)12-7-4-5-8-13(12)14-9-6-10-16-15(14)17-3/h4-11H,1-3H3. The van der Waals surface area contributed by atoms with E-state index < -0.39 is 0 Å². The van der Waals surface area contributed by atoms with Crippen molar-refractivity contribution in [2.24, 2.45) is 0 Å². The minimum atomic E-state index is 0.483. The average Bonchev–Trinajstić information content (AvgIpc) is 2.38. The second kappa shape index (κ2) is 5.00. The third-order valence-electron chi connectivity index (χ3n) is 2.84. The van der Waals surface area contributed by atoms with Crippen LogP contribution < -0.4 is 4.74 Å². The molecule has 88 valence electrons. The van der Waals surface area contributed by atoms with Crippen LogP contribution in [0.3, 0.4) is 0 Å². The van der Waals surface area contributed by atoms with E-state index in [2.05, 4.69) is 37.0 Å². The topological polar surface area (TPSA) is 22.1 Å². The van der Waals surface area contributed by atoms with Crippen molar-refractivity contribution in [2.45, 2.75) is 19.8 Å². The van der Waals surface area contributed by atoms with E-state index in [0.29, 0.717) is 11.8 Å². The van der Waals surface area contributed by atoms with E-state index in [-0.39, 0.29) is 0 Å². The van der Waals surface area contributed by atoms with Gasteiger partial charge in [-0.2, -0.15) is 0 Å². The maximum atomic E-state index is 5.32. The Bertz CT molecular complexity index is 506. The molecule has 0 N–H and O–H groups in total. The minimum absolute atomic E-state index is 0.483. The van der Waals surface area contributed by atoms with Gasteiger partial charge in [-0.1, -0.05) is 38.1 Å². The summed E-state index contributed by atoms with van der Waals surface area (Å²) in [5.74, 6) is 1.16. The zero-order valence-corrected chi connectivity index (χ0v) is 10.5. The Morgan fingerprint density at radius 1 is 1.00 bits per heavy atom. The zero-order chi connectivity index (χ0) is 12.3. The number of nitrogens with zero attached hydrogens (tertiary/aromatic N) is 1. The lowest BCUT2D eigenvalue weighted by molar-refractivity contribution is 0.399. The second-order valence-corrected chi connectivity index (χ2v) is 4.30. The molecule has 0 saturated heterocycles. The fourth-order valence-corrected chi connectivity index (χ4v) is 2.00. The van der Waals surface area contributed by atoms with E-state index in [0.717, 1.165) is 5.56 Å². The second-order valence-electron chi connectivity index (χ2n) is 4.30. The molecule has 0 amide bonds. The molecule has 0 bridgehead atoms. The number of methoxy groups -OCH3 is 1. The first-order valence-electron chi connectivity index (χ1n) is 5.82. The van der Waals surface area contributed by atoms with Crippen molar-refractivity contribution in [2.75, 3.05) is 7.11 Å². The quantitative estimate of drug-likeness (QED) is 0.793. The summed E-state index contributed by atoms with van der Waals surface area (Å²) in [6.07, 6.45) is 1.75. The number of pyridine rings is 1. The molecular formula is C15H17NO. The molecule has 0 aliphatic carbocycles. The number of aromatic nitrogens is 1. The van der Waals surface area contributed by atoms with Crippen LogP contribution in [0.4, 0.5) is 0 Å². The smallest absolute Gasteiger partial charge is 0.221 e. The Morgan fingerprint density at radius 2 is 1.71 bits per heavy atom. The van der Waals surface area contributed by atoms with Gasteiger partial charge in [0.05, 0.1) is 7.11 Å². The van der Waals surface area contributed by atoms with Crippen LogP contribution in [0.2, 0.25) is 0 Å². The maximum absolute atomic E-state index is 5.32. The molecule has 2 nitrogen and oxygen atoms in total. The minimum Gasteiger partial charge on any atom is -0.481 e. The molecule has 0 unspecified atom stereocenters. The number of rotatable bonds is 3. The van der Waals surface area contributed by atoms with Gasteiger partial charge < -0.3 is 4.74 Å². The summed E-state index contributed by atoms with van der Waals surface area (Å²) in [5, 5.41) is 0. The summed E-state index contributed by atoms with van der Waals surface area (Å²) in [5.41, 5.74) is 3.57. The van der Waals surface area contributed by atoms with Crippen LogP contribution in [-0.2, 0) is 0 Å². The van der Waals surface area contributed by atoms with Gasteiger partial charge in [-0.15, -0.1) is 0 Å². The van der Waals surface area contributed by atoms with Gasteiger partial charge in [0.15, 0.2) is 0 Å². The summed E-state index contributed by atoms with van der Waals surface area (Å²) >= 11 is 0. The molecule has 0 fully saturated rings. The fraction of sp³-hybridized carbons (Fsp3) is 0.267. The molecule has 0 aliphatic heterocycles. The summed E-state index contributed by atoms with van der Waals surface area (Å²) in [6.45, 7) is 4.39. The highest BCUT2D eigenvalue weighted by atomic mass is 16.5. The van der Waals surface area contributed by atoms with Crippen LogP contribution >= 0.6 is 0 Å². The molecule has 2 heteroatoms. The van der Waals surface area contributed by atoms with Gasteiger partial charge in [0, 0.05) is 11.8 Å². The van der Waals surface area contributed by atoms with Crippen molar-refractivity contribution in [1.82, 2.24) is 4.98 Å². The highest BCUT2D eigenvalue weighted by molar-refractivity contribution is 5.72. The van der Waals surface area contributed by atoms with E-state index in [1.807, 2.05) is 18.2 Å². The Hall–Kier alpha value is -1.83. The van der Waals surface area contributed by atoms with Crippen molar-refractivity contribution in [3.05, 3.63) is 48.2 Å². The lowest BCUT2D eigenvalue weighted by atomic mass is 9.93. The molecule has 0 saturated carbocycles. The van der Waals surface area contributed by atoms with E-state index in [4.69, 9.17) is 4.74 Å². The first-order valence-corrected chi connectivity index (χ1v) is 5.82. The number of hydrogen-bond donors (Lipinski definition) is 0. The van der Waals surface area contributed by atoms with Gasteiger partial charge in [0.2, 0.25) is 5.88 Å². The molecule has 0 radical (unpaired) electrons. The van der Waals surface area contributed by atoms with E-state index in [1.165, 1.54) is 11.1 Å². The maximum Gasteiger partial charge on any atom is 0.221 e. The van der Waals surface area contributed by atoms with Gasteiger partial charge in [0.1, 0.15) is 0 Å². The fourth-order valence-electron chi connectivity index (χ4n) is 2.00. The molecular weight excluding hydrogens is 210 g/mol. The first kappa shape index (κ1) is 11.6. The highest BCUT2D eigenvalue weighted by Gasteiger charge is 2.12. The largest absolute Gasteiger partial charge is 0.481 e. The predicted octanol–water partition coefficient (Wildman–Crippen LogP) is 3.88. The molecule has 1 aromatic heterocycles. The van der Waals surface area contributed by atoms with Crippen molar-refractivity contribution < 1.29 is 4.74 Å². The summed E-state index contributed by atoms with van der Waals surface area (Å²) < 4.78 is 5.32. The first-order chi connectivity index (χ1) is 8.24. The third-order valence-corrected chi connectivity index (χ3v) is 2.84. The number of benzene rings is 1. The van der Waals surface area contributed by atoms with Crippen molar-refractivity contribution in [3.8, 4) is 17.0 Å². The molecule has 1 aromatic carbocycles. The molecule has 17 heavy (non-hydrogen) atoms. The molecule has 0 aliphatic rings. The summed E-state index contributed by atoms with van der Waals surface area (Å²) in [6, 6.07) is 12.4. The van der Waals surface area contributed by atoms with Gasteiger partial charge >= 0.3 is 0 Å². The van der Waals surface area contributed by atoms with Crippen LogP contribution in [0.15, 0.2) is 42.6 Å². The van der Waals surface area contributed by atoms with Gasteiger partial charge in [-0.25, -0.2) is 4.98 Å². The van der Waals surface area contributed by atoms with Crippen LogP contribution in [0.5, 0.6) is 5.88 Å². The van der Waals surface area contributed by atoms with Gasteiger partial charge in [-0.3, -0.25) is 0 Å². The monoisotopic (exact) mass is 227 g/mol. The van der Waals surface area contributed by atoms with Crippen molar-refractivity contribution in [3.63, 3.8) is 0 Å². The normalized spacial score (nSPS) is 10.6. The van der Waals surface area contributed by atoms with E-state index >= 15 is 0 Å². The van der Waals surface area contributed by atoms with Gasteiger partial charge in [0.25, 0.3) is 0 Å². The van der Waals surface area contributed by atoms with Crippen LogP contribution in [-0.4, -0.2) is 12.1 Å². The average molecular weight is 227 g/mol. The number of hydrogen-bond acceptors (Lipinski definition) is 2. The molecule has 2 rings (SSSR count). The van der Waals surface area contributed by atoms with Crippen LogP contribution in [0, 0.1) is 0 Å². The van der Waals surface area contributed by atoms with E-state index in [1.54, 1.807) is 13.3 Å².